The molecule has 2 aromatic rings. The molecule has 3 rings (SSSR count). The normalized spacial score (nSPS) is 16.4. The zero-order valence-corrected chi connectivity index (χ0v) is 15.6. The Kier molecular flexibility index (Phi) is 5.56. The number of rotatable bonds is 5. The Bertz CT molecular complexity index is 881. The summed E-state index contributed by atoms with van der Waals surface area (Å²) in [5.41, 5.74) is 3.49. The summed E-state index contributed by atoms with van der Waals surface area (Å²) in [5, 5.41) is 11.8. The van der Waals surface area contributed by atoms with Crippen LogP contribution in [0.4, 0.5) is 5.69 Å². The second-order valence-electron chi connectivity index (χ2n) is 7.18. The Labute approximate surface area is 159 Å². The number of hydrogen-bond acceptors (Lipinski definition) is 3. The average molecular weight is 361 g/mol. The molecule has 0 aliphatic carbocycles. The Morgan fingerprint density at radius 2 is 2.00 bits per heavy atom. The topological polar surface area (TPSA) is 73.2 Å². The second kappa shape index (κ2) is 8.05. The number of nitrogens with zero attached hydrogens (tertiary/aromatic N) is 2. The number of amides is 2. The molecule has 27 heavy (non-hydrogen) atoms. The van der Waals surface area contributed by atoms with E-state index in [2.05, 4.69) is 25.2 Å². The molecule has 1 N–H and O–H groups in total. The number of nitrogens with one attached hydrogen (secondary N) is 1. The van der Waals surface area contributed by atoms with Gasteiger partial charge in [0.15, 0.2) is 0 Å². The number of carbonyl (C=O) groups is 2. The van der Waals surface area contributed by atoms with E-state index in [1.165, 1.54) is 5.56 Å². The predicted molar refractivity (Wildman–Crippen MR) is 104 cm³/mol. The van der Waals surface area contributed by atoms with Crippen LogP contribution in [-0.2, 0) is 16.1 Å². The first kappa shape index (κ1) is 18.7. The molecule has 0 aromatic heterocycles. The van der Waals surface area contributed by atoms with E-state index in [-0.39, 0.29) is 24.2 Å². The van der Waals surface area contributed by atoms with Gasteiger partial charge in [0.2, 0.25) is 11.8 Å². The van der Waals surface area contributed by atoms with E-state index in [4.69, 9.17) is 5.26 Å². The van der Waals surface area contributed by atoms with Gasteiger partial charge in [0.25, 0.3) is 0 Å². The molecular formula is C22H23N3O2. The first-order valence-corrected chi connectivity index (χ1v) is 9.15. The molecule has 1 saturated heterocycles. The Morgan fingerprint density at radius 1 is 1.26 bits per heavy atom. The summed E-state index contributed by atoms with van der Waals surface area (Å²) in [4.78, 5) is 26.5. The third-order valence-corrected chi connectivity index (χ3v) is 4.89. The fourth-order valence-corrected chi connectivity index (χ4v) is 3.26. The minimum atomic E-state index is -0.360. The summed E-state index contributed by atoms with van der Waals surface area (Å²) >= 11 is 0. The highest BCUT2D eigenvalue weighted by Gasteiger charge is 2.34. The van der Waals surface area contributed by atoms with Gasteiger partial charge in [0.05, 0.1) is 17.6 Å². The lowest BCUT2D eigenvalue weighted by Crippen LogP contribution is -2.32. The third kappa shape index (κ3) is 4.35. The number of benzene rings is 2. The van der Waals surface area contributed by atoms with Gasteiger partial charge in [-0.2, -0.15) is 5.26 Å². The van der Waals surface area contributed by atoms with Crippen LogP contribution in [0.25, 0.3) is 0 Å². The van der Waals surface area contributed by atoms with E-state index in [0.29, 0.717) is 24.6 Å². The SMILES string of the molecule is CC(C)c1ccc(N2CC(C(=O)NCc3cccc(C#N)c3)CC2=O)cc1. The lowest BCUT2D eigenvalue weighted by Gasteiger charge is -2.18. The summed E-state index contributed by atoms with van der Waals surface area (Å²) in [7, 11) is 0. The van der Waals surface area contributed by atoms with Crippen LogP contribution < -0.4 is 10.2 Å². The molecule has 1 aliphatic rings. The second-order valence-corrected chi connectivity index (χ2v) is 7.18. The fourth-order valence-electron chi connectivity index (χ4n) is 3.26. The molecule has 2 aromatic carbocycles. The molecule has 1 aliphatic heterocycles. The minimum absolute atomic E-state index is 0.0288. The van der Waals surface area contributed by atoms with Crippen molar-refractivity contribution in [2.75, 3.05) is 11.4 Å². The molecule has 0 saturated carbocycles. The van der Waals surface area contributed by atoms with Crippen LogP contribution in [0.1, 0.15) is 42.9 Å². The molecular weight excluding hydrogens is 338 g/mol. The summed E-state index contributed by atoms with van der Waals surface area (Å²) in [6.07, 6.45) is 0.218. The molecule has 1 fully saturated rings. The molecule has 5 nitrogen and oxygen atoms in total. The highest BCUT2D eigenvalue weighted by molar-refractivity contribution is 6.00. The van der Waals surface area contributed by atoms with Crippen molar-refractivity contribution in [3.63, 3.8) is 0 Å². The molecule has 5 heteroatoms. The smallest absolute Gasteiger partial charge is 0.227 e. The van der Waals surface area contributed by atoms with Gasteiger partial charge in [0.1, 0.15) is 0 Å². The van der Waals surface area contributed by atoms with Crippen molar-refractivity contribution in [2.45, 2.75) is 32.7 Å². The standard InChI is InChI=1S/C22H23N3O2/c1-15(2)18-6-8-20(9-7-18)25-14-19(11-21(25)26)22(27)24-13-17-5-3-4-16(10-17)12-23/h3-10,15,19H,11,13-14H2,1-2H3,(H,24,27). The molecule has 0 radical (unpaired) electrons. The number of anilines is 1. The van der Waals surface area contributed by atoms with Gasteiger partial charge < -0.3 is 10.2 Å². The Hall–Kier alpha value is -3.13. The molecule has 138 valence electrons. The van der Waals surface area contributed by atoms with E-state index in [0.717, 1.165) is 11.3 Å². The van der Waals surface area contributed by atoms with E-state index in [1.54, 1.807) is 23.1 Å². The lowest BCUT2D eigenvalue weighted by atomic mass is 10.0. The van der Waals surface area contributed by atoms with Gasteiger partial charge in [-0.1, -0.05) is 38.1 Å². The van der Waals surface area contributed by atoms with Crippen molar-refractivity contribution in [1.82, 2.24) is 5.32 Å². The largest absolute Gasteiger partial charge is 0.352 e. The quantitative estimate of drug-likeness (QED) is 0.887. The van der Waals surface area contributed by atoms with Crippen molar-refractivity contribution in [1.29, 1.82) is 5.26 Å². The maximum absolute atomic E-state index is 12.5. The van der Waals surface area contributed by atoms with E-state index in [9.17, 15) is 9.59 Å². The minimum Gasteiger partial charge on any atom is -0.352 e. The zero-order chi connectivity index (χ0) is 19.4. The summed E-state index contributed by atoms with van der Waals surface area (Å²) in [6.45, 7) is 5.00. The van der Waals surface area contributed by atoms with E-state index >= 15 is 0 Å². The first-order valence-electron chi connectivity index (χ1n) is 9.15. The van der Waals surface area contributed by atoms with Crippen molar-refractivity contribution < 1.29 is 9.59 Å². The maximum atomic E-state index is 12.5. The summed E-state index contributed by atoms with van der Waals surface area (Å²) in [6, 6.07) is 17.2. The van der Waals surface area contributed by atoms with Gasteiger partial charge in [-0.05, 0) is 41.3 Å². The van der Waals surface area contributed by atoms with Crippen molar-refractivity contribution >= 4 is 17.5 Å². The fraction of sp³-hybridized carbons (Fsp3) is 0.318. The van der Waals surface area contributed by atoms with Gasteiger partial charge in [-0.15, -0.1) is 0 Å². The van der Waals surface area contributed by atoms with E-state index in [1.807, 2.05) is 30.3 Å². The molecule has 1 heterocycles. The number of carbonyl (C=O) groups excluding carboxylic acids is 2. The molecule has 0 spiro atoms. The van der Waals surface area contributed by atoms with Gasteiger partial charge >= 0.3 is 0 Å². The van der Waals surface area contributed by atoms with Gasteiger partial charge in [-0.3, -0.25) is 9.59 Å². The summed E-state index contributed by atoms with van der Waals surface area (Å²) < 4.78 is 0. The molecule has 1 unspecified atom stereocenters. The molecule has 0 bridgehead atoms. The number of nitriles is 1. The van der Waals surface area contributed by atoms with Gasteiger partial charge in [0, 0.05) is 25.2 Å². The van der Waals surface area contributed by atoms with Crippen LogP contribution in [0.15, 0.2) is 48.5 Å². The van der Waals surface area contributed by atoms with Crippen molar-refractivity contribution in [3.8, 4) is 6.07 Å². The van der Waals surface area contributed by atoms with Gasteiger partial charge in [-0.25, -0.2) is 0 Å². The molecule has 1 atom stereocenters. The third-order valence-electron chi connectivity index (χ3n) is 4.89. The highest BCUT2D eigenvalue weighted by atomic mass is 16.2. The van der Waals surface area contributed by atoms with Crippen molar-refractivity contribution in [2.24, 2.45) is 5.92 Å². The first-order chi connectivity index (χ1) is 13.0. The van der Waals surface area contributed by atoms with Crippen LogP contribution in [0.2, 0.25) is 0 Å². The van der Waals surface area contributed by atoms with Crippen LogP contribution in [0.5, 0.6) is 0 Å². The van der Waals surface area contributed by atoms with Crippen LogP contribution in [-0.4, -0.2) is 18.4 Å². The van der Waals surface area contributed by atoms with Crippen LogP contribution in [0, 0.1) is 17.2 Å². The zero-order valence-electron chi connectivity index (χ0n) is 15.6. The highest BCUT2D eigenvalue weighted by Crippen LogP contribution is 2.27. The Balaban J connectivity index is 1.60. The number of hydrogen-bond donors (Lipinski definition) is 1. The van der Waals surface area contributed by atoms with Crippen molar-refractivity contribution in [3.05, 3.63) is 65.2 Å². The molecule has 2 amide bonds. The summed E-state index contributed by atoms with van der Waals surface area (Å²) in [5.74, 6) is -0.0845. The van der Waals surface area contributed by atoms with E-state index < -0.39 is 0 Å². The lowest BCUT2D eigenvalue weighted by molar-refractivity contribution is -0.126. The average Bonchev–Trinajstić information content (AvgIpc) is 3.08. The van der Waals surface area contributed by atoms with Crippen LogP contribution >= 0.6 is 0 Å². The maximum Gasteiger partial charge on any atom is 0.227 e. The Morgan fingerprint density at radius 3 is 2.67 bits per heavy atom. The monoisotopic (exact) mass is 361 g/mol. The predicted octanol–water partition coefficient (Wildman–Crippen LogP) is 3.35. The van der Waals surface area contributed by atoms with Crippen LogP contribution in [0.3, 0.4) is 0 Å².